The molecule has 0 saturated heterocycles. The average molecular weight is 219 g/mol. The normalized spacial score (nSPS) is 10.7. The van der Waals surface area contributed by atoms with Crippen LogP contribution in [0.4, 0.5) is 8.78 Å². The van der Waals surface area contributed by atoms with Gasteiger partial charge in [0.25, 0.3) is 0 Å². The van der Waals surface area contributed by atoms with Crippen LogP contribution in [0.25, 0.3) is 11.3 Å². The van der Waals surface area contributed by atoms with Gasteiger partial charge in [-0.1, -0.05) is 36.4 Å². The van der Waals surface area contributed by atoms with Crippen LogP contribution in [0.1, 0.15) is 5.69 Å². The van der Waals surface area contributed by atoms with Crippen LogP contribution in [0.2, 0.25) is 0 Å². The molecular weight excluding hydrogens is 208 g/mol. The highest BCUT2D eigenvalue weighted by atomic mass is 19.3. The molecule has 1 heterocycles. The summed E-state index contributed by atoms with van der Waals surface area (Å²) < 4.78 is 24.4. The number of aromatic nitrogens is 1. The summed E-state index contributed by atoms with van der Waals surface area (Å²) in [6, 6.07) is 14.7. The zero-order valence-corrected chi connectivity index (χ0v) is 8.61. The van der Waals surface area contributed by atoms with Gasteiger partial charge in [0.2, 0.25) is 6.43 Å². The number of benzene rings is 1. The van der Waals surface area contributed by atoms with Crippen LogP contribution < -0.4 is 0 Å². The molecule has 3 heteroatoms. The second kappa shape index (κ2) is 4.84. The van der Waals surface area contributed by atoms with E-state index in [2.05, 4.69) is 4.98 Å². The van der Waals surface area contributed by atoms with E-state index in [1.54, 1.807) is 12.1 Å². The van der Waals surface area contributed by atoms with Gasteiger partial charge in [0.15, 0.2) is 0 Å². The largest absolute Gasteiger partial charge is 0.253 e. The first kappa shape index (κ1) is 10.7. The molecule has 0 aliphatic heterocycles. The van der Waals surface area contributed by atoms with E-state index in [0.717, 1.165) is 11.3 Å². The topological polar surface area (TPSA) is 12.9 Å². The second-order valence-electron chi connectivity index (χ2n) is 3.48. The third-order valence-electron chi connectivity index (χ3n) is 2.24. The van der Waals surface area contributed by atoms with Gasteiger partial charge in [0.1, 0.15) is 0 Å². The maximum Gasteiger partial charge on any atom is 0.244 e. The monoisotopic (exact) mass is 219 g/mol. The number of pyridine rings is 1. The summed E-state index contributed by atoms with van der Waals surface area (Å²) in [5.74, 6) is 0. The van der Waals surface area contributed by atoms with Crippen LogP contribution in [0.5, 0.6) is 0 Å². The molecular formula is C13H11F2N. The lowest BCUT2D eigenvalue weighted by Crippen LogP contribution is -1.99. The van der Waals surface area contributed by atoms with Crippen molar-refractivity contribution in [1.29, 1.82) is 0 Å². The van der Waals surface area contributed by atoms with Crippen molar-refractivity contribution < 1.29 is 8.78 Å². The Hall–Kier alpha value is -1.77. The molecule has 0 radical (unpaired) electrons. The highest BCUT2D eigenvalue weighted by Crippen LogP contribution is 2.17. The molecule has 0 spiro atoms. The first-order chi connectivity index (χ1) is 7.75. The standard InChI is InChI=1S/C13H11F2N/c14-13(15)9-11-7-4-8-12(16-11)10-5-2-1-3-6-10/h1-8,13H,9H2. The van der Waals surface area contributed by atoms with Crippen molar-refractivity contribution in [2.45, 2.75) is 12.8 Å². The number of hydrogen-bond acceptors (Lipinski definition) is 1. The van der Waals surface area contributed by atoms with E-state index in [9.17, 15) is 8.78 Å². The summed E-state index contributed by atoms with van der Waals surface area (Å²) in [6.45, 7) is 0. The zero-order valence-electron chi connectivity index (χ0n) is 8.61. The minimum Gasteiger partial charge on any atom is -0.253 e. The molecule has 1 nitrogen and oxygen atoms in total. The molecule has 82 valence electrons. The van der Waals surface area contributed by atoms with Crippen molar-refractivity contribution in [2.75, 3.05) is 0 Å². The lowest BCUT2D eigenvalue weighted by atomic mass is 10.1. The zero-order chi connectivity index (χ0) is 11.4. The van der Waals surface area contributed by atoms with Gasteiger partial charge in [-0.05, 0) is 12.1 Å². The van der Waals surface area contributed by atoms with Crippen molar-refractivity contribution >= 4 is 0 Å². The number of halogens is 2. The van der Waals surface area contributed by atoms with Gasteiger partial charge in [-0.3, -0.25) is 4.98 Å². The van der Waals surface area contributed by atoms with Crippen LogP contribution >= 0.6 is 0 Å². The van der Waals surface area contributed by atoms with Crippen molar-refractivity contribution in [2.24, 2.45) is 0 Å². The molecule has 0 amide bonds. The van der Waals surface area contributed by atoms with E-state index in [-0.39, 0.29) is 6.42 Å². The maximum atomic E-state index is 12.2. The first-order valence-corrected chi connectivity index (χ1v) is 5.05. The second-order valence-corrected chi connectivity index (χ2v) is 3.48. The van der Waals surface area contributed by atoms with Crippen LogP contribution in [0.15, 0.2) is 48.5 Å². The predicted molar refractivity (Wildman–Crippen MR) is 59.4 cm³/mol. The van der Waals surface area contributed by atoms with Gasteiger partial charge in [-0.25, -0.2) is 8.78 Å². The van der Waals surface area contributed by atoms with E-state index in [1.807, 2.05) is 36.4 Å². The minimum absolute atomic E-state index is 0.291. The third kappa shape index (κ3) is 2.63. The third-order valence-corrected chi connectivity index (χ3v) is 2.24. The lowest BCUT2D eigenvalue weighted by Gasteiger charge is -2.04. The fourth-order valence-electron chi connectivity index (χ4n) is 1.52. The smallest absolute Gasteiger partial charge is 0.244 e. The molecule has 0 bridgehead atoms. The summed E-state index contributed by atoms with van der Waals surface area (Å²) >= 11 is 0. The SMILES string of the molecule is FC(F)Cc1cccc(-c2ccccc2)n1. The van der Waals surface area contributed by atoms with Crippen molar-refractivity contribution in [3.05, 3.63) is 54.2 Å². The van der Waals surface area contributed by atoms with Gasteiger partial charge >= 0.3 is 0 Å². The van der Waals surface area contributed by atoms with Gasteiger partial charge in [0.05, 0.1) is 12.1 Å². The summed E-state index contributed by atoms with van der Waals surface area (Å²) in [7, 11) is 0. The molecule has 0 aliphatic carbocycles. The fraction of sp³-hybridized carbons (Fsp3) is 0.154. The predicted octanol–water partition coefficient (Wildman–Crippen LogP) is 3.56. The molecule has 0 fully saturated rings. The summed E-state index contributed by atoms with van der Waals surface area (Å²) in [5, 5.41) is 0. The molecule has 0 atom stereocenters. The number of nitrogens with zero attached hydrogens (tertiary/aromatic N) is 1. The minimum atomic E-state index is -2.35. The highest BCUT2D eigenvalue weighted by molar-refractivity contribution is 5.58. The maximum absolute atomic E-state index is 12.2. The summed E-state index contributed by atoms with van der Waals surface area (Å²) in [4.78, 5) is 4.20. The van der Waals surface area contributed by atoms with Crippen LogP contribution in [0.3, 0.4) is 0 Å². The quantitative estimate of drug-likeness (QED) is 0.769. The van der Waals surface area contributed by atoms with Crippen molar-refractivity contribution in [1.82, 2.24) is 4.98 Å². The molecule has 1 aromatic heterocycles. The van der Waals surface area contributed by atoms with Gasteiger partial charge in [-0.15, -0.1) is 0 Å². The van der Waals surface area contributed by atoms with E-state index in [4.69, 9.17) is 0 Å². The molecule has 16 heavy (non-hydrogen) atoms. The molecule has 2 rings (SSSR count). The fourth-order valence-corrected chi connectivity index (χ4v) is 1.52. The lowest BCUT2D eigenvalue weighted by molar-refractivity contribution is 0.148. The molecule has 0 unspecified atom stereocenters. The molecule has 0 N–H and O–H groups in total. The van der Waals surface area contributed by atoms with Gasteiger partial charge in [-0.2, -0.15) is 0 Å². The Bertz CT molecular complexity index is 454. The number of rotatable bonds is 3. The molecule has 2 aromatic rings. The Morgan fingerprint density at radius 1 is 0.938 bits per heavy atom. The number of alkyl halides is 2. The van der Waals surface area contributed by atoms with Crippen LogP contribution in [-0.4, -0.2) is 11.4 Å². The molecule has 0 saturated carbocycles. The molecule has 1 aromatic carbocycles. The summed E-state index contributed by atoms with van der Waals surface area (Å²) in [5.41, 5.74) is 2.11. The van der Waals surface area contributed by atoms with E-state index in [1.165, 1.54) is 0 Å². The Balaban J connectivity index is 2.29. The van der Waals surface area contributed by atoms with Gasteiger partial charge in [0, 0.05) is 11.3 Å². The van der Waals surface area contributed by atoms with E-state index >= 15 is 0 Å². The Morgan fingerprint density at radius 3 is 2.38 bits per heavy atom. The molecule has 0 aliphatic rings. The van der Waals surface area contributed by atoms with Crippen LogP contribution in [-0.2, 0) is 6.42 Å². The first-order valence-electron chi connectivity index (χ1n) is 5.05. The average Bonchev–Trinajstić information content (AvgIpc) is 2.30. The van der Waals surface area contributed by atoms with Crippen molar-refractivity contribution in [3.8, 4) is 11.3 Å². The Kier molecular flexibility index (Phi) is 3.25. The van der Waals surface area contributed by atoms with E-state index in [0.29, 0.717) is 5.69 Å². The van der Waals surface area contributed by atoms with Gasteiger partial charge < -0.3 is 0 Å². The van der Waals surface area contributed by atoms with E-state index < -0.39 is 6.43 Å². The van der Waals surface area contributed by atoms with Crippen LogP contribution in [0, 0.1) is 0 Å². The number of hydrogen-bond donors (Lipinski definition) is 0. The summed E-state index contributed by atoms with van der Waals surface area (Å²) in [6.07, 6.45) is -2.64. The highest BCUT2D eigenvalue weighted by Gasteiger charge is 2.06. The Morgan fingerprint density at radius 2 is 1.69 bits per heavy atom. The van der Waals surface area contributed by atoms with Crippen molar-refractivity contribution in [3.63, 3.8) is 0 Å². The Labute approximate surface area is 92.8 Å².